The van der Waals surface area contributed by atoms with Crippen LogP contribution >= 0.6 is 11.6 Å². The van der Waals surface area contributed by atoms with Crippen LogP contribution in [0.15, 0.2) is 30.5 Å². The quantitative estimate of drug-likeness (QED) is 0.862. The monoisotopic (exact) mass is 288 g/mol. The predicted octanol–water partition coefficient (Wildman–Crippen LogP) is 4.15. The number of ether oxygens (including phenoxy) is 1. The van der Waals surface area contributed by atoms with Gasteiger partial charge in [0.25, 0.3) is 0 Å². The lowest BCUT2D eigenvalue weighted by atomic mass is 10.0. The van der Waals surface area contributed by atoms with Crippen LogP contribution in [0.1, 0.15) is 29.7 Å². The molecule has 1 atom stereocenters. The van der Waals surface area contributed by atoms with Crippen molar-refractivity contribution in [3.05, 3.63) is 52.3 Å². The number of aromatic nitrogens is 1. The number of rotatable bonds is 3. The van der Waals surface area contributed by atoms with Crippen molar-refractivity contribution >= 4 is 17.3 Å². The molecule has 1 aliphatic heterocycles. The number of halogens is 1. The normalized spacial score (nSPS) is 14.6. The molecule has 3 nitrogen and oxygen atoms in total. The lowest BCUT2D eigenvalue weighted by Gasteiger charge is -2.18. The molecule has 1 aromatic carbocycles. The maximum absolute atomic E-state index is 6.16. The number of hydrogen-bond donors (Lipinski definition) is 1. The van der Waals surface area contributed by atoms with Crippen LogP contribution in [-0.2, 0) is 6.42 Å². The van der Waals surface area contributed by atoms with Crippen molar-refractivity contribution in [1.82, 2.24) is 4.98 Å². The van der Waals surface area contributed by atoms with E-state index in [-0.39, 0.29) is 6.04 Å². The third-order valence-corrected chi connectivity index (χ3v) is 3.97. The second-order valence-electron chi connectivity index (χ2n) is 5.13. The fourth-order valence-corrected chi connectivity index (χ4v) is 2.73. The molecule has 0 saturated carbocycles. The average Bonchev–Trinajstić information content (AvgIpc) is 2.90. The molecule has 2 aromatic rings. The molecule has 20 heavy (non-hydrogen) atoms. The van der Waals surface area contributed by atoms with Crippen molar-refractivity contribution in [3.8, 4) is 5.75 Å². The van der Waals surface area contributed by atoms with E-state index in [1.165, 1.54) is 11.1 Å². The maximum Gasteiger partial charge on any atom is 0.152 e. The SMILES string of the molecule is Cc1ccnc(Cl)c1NC(C)c1ccc2c(c1)CCO2. The van der Waals surface area contributed by atoms with Crippen molar-refractivity contribution in [2.75, 3.05) is 11.9 Å². The van der Waals surface area contributed by atoms with Crippen LogP contribution in [0, 0.1) is 6.92 Å². The molecule has 2 heterocycles. The van der Waals surface area contributed by atoms with Gasteiger partial charge < -0.3 is 10.1 Å². The van der Waals surface area contributed by atoms with Gasteiger partial charge in [-0.1, -0.05) is 17.7 Å². The van der Waals surface area contributed by atoms with Gasteiger partial charge in [-0.05, 0) is 48.7 Å². The smallest absolute Gasteiger partial charge is 0.152 e. The summed E-state index contributed by atoms with van der Waals surface area (Å²) in [7, 11) is 0. The molecule has 0 amide bonds. The Kier molecular flexibility index (Phi) is 3.53. The van der Waals surface area contributed by atoms with E-state index in [9.17, 15) is 0 Å². The Hall–Kier alpha value is -1.74. The van der Waals surface area contributed by atoms with Crippen LogP contribution in [0.3, 0.4) is 0 Å². The minimum absolute atomic E-state index is 0.168. The molecular formula is C16H17ClN2O. The van der Waals surface area contributed by atoms with Gasteiger partial charge in [-0.15, -0.1) is 0 Å². The first-order valence-corrected chi connectivity index (χ1v) is 7.16. The van der Waals surface area contributed by atoms with Crippen LogP contribution in [0.5, 0.6) is 5.75 Å². The molecule has 0 radical (unpaired) electrons. The summed E-state index contributed by atoms with van der Waals surface area (Å²) in [6.45, 7) is 4.94. The maximum atomic E-state index is 6.16. The molecule has 0 bridgehead atoms. The summed E-state index contributed by atoms with van der Waals surface area (Å²) >= 11 is 6.16. The standard InChI is InChI=1S/C16H17ClN2O/c1-10-5-7-18-16(17)15(10)19-11(2)12-3-4-14-13(9-12)6-8-20-14/h3-5,7,9,11,19H,6,8H2,1-2H3. The summed E-state index contributed by atoms with van der Waals surface area (Å²) in [6, 6.07) is 8.48. The highest BCUT2D eigenvalue weighted by molar-refractivity contribution is 6.32. The van der Waals surface area contributed by atoms with Gasteiger partial charge in [-0.3, -0.25) is 0 Å². The largest absolute Gasteiger partial charge is 0.493 e. The molecule has 0 saturated heterocycles. The number of anilines is 1. The Morgan fingerprint density at radius 3 is 3.00 bits per heavy atom. The van der Waals surface area contributed by atoms with E-state index in [2.05, 4.69) is 29.4 Å². The lowest BCUT2D eigenvalue weighted by molar-refractivity contribution is 0.357. The Bertz CT molecular complexity index is 622. The number of fused-ring (bicyclic) bond motifs is 1. The number of aryl methyl sites for hydroxylation is 1. The highest BCUT2D eigenvalue weighted by Gasteiger charge is 2.15. The van der Waals surface area contributed by atoms with Gasteiger partial charge >= 0.3 is 0 Å². The molecule has 0 aliphatic carbocycles. The molecule has 0 fully saturated rings. The summed E-state index contributed by atoms with van der Waals surface area (Å²) in [5.74, 6) is 1.01. The fraction of sp³-hybridized carbons (Fsp3) is 0.312. The lowest BCUT2D eigenvalue weighted by Crippen LogP contribution is -2.09. The van der Waals surface area contributed by atoms with Crippen molar-refractivity contribution in [3.63, 3.8) is 0 Å². The van der Waals surface area contributed by atoms with Gasteiger partial charge in [-0.25, -0.2) is 4.98 Å². The molecular weight excluding hydrogens is 272 g/mol. The molecule has 104 valence electrons. The third kappa shape index (κ3) is 2.46. The Balaban J connectivity index is 1.84. The van der Waals surface area contributed by atoms with E-state index < -0.39 is 0 Å². The van der Waals surface area contributed by atoms with E-state index in [0.29, 0.717) is 5.15 Å². The minimum Gasteiger partial charge on any atom is -0.493 e. The van der Waals surface area contributed by atoms with Gasteiger partial charge in [-0.2, -0.15) is 0 Å². The second-order valence-corrected chi connectivity index (χ2v) is 5.48. The zero-order valence-electron chi connectivity index (χ0n) is 11.6. The van der Waals surface area contributed by atoms with E-state index in [1.807, 2.05) is 19.1 Å². The van der Waals surface area contributed by atoms with Crippen LogP contribution in [0.4, 0.5) is 5.69 Å². The van der Waals surface area contributed by atoms with Crippen molar-refractivity contribution in [2.45, 2.75) is 26.3 Å². The summed E-state index contributed by atoms with van der Waals surface area (Å²) in [4.78, 5) is 4.13. The number of hydrogen-bond acceptors (Lipinski definition) is 3. The van der Waals surface area contributed by atoms with E-state index in [4.69, 9.17) is 16.3 Å². The molecule has 1 aromatic heterocycles. The fourth-order valence-electron chi connectivity index (χ4n) is 2.47. The number of pyridine rings is 1. The molecule has 1 unspecified atom stereocenters. The molecule has 1 aliphatic rings. The van der Waals surface area contributed by atoms with Gasteiger partial charge in [0.2, 0.25) is 0 Å². The summed E-state index contributed by atoms with van der Waals surface area (Å²) in [5, 5.41) is 3.97. The molecule has 3 rings (SSSR count). The Morgan fingerprint density at radius 2 is 2.20 bits per heavy atom. The average molecular weight is 289 g/mol. The Morgan fingerprint density at radius 1 is 1.35 bits per heavy atom. The summed E-state index contributed by atoms with van der Waals surface area (Å²) < 4.78 is 5.54. The number of nitrogens with zero attached hydrogens (tertiary/aromatic N) is 1. The second kappa shape index (κ2) is 5.33. The number of benzene rings is 1. The van der Waals surface area contributed by atoms with Gasteiger partial charge in [0, 0.05) is 18.7 Å². The van der Waals surface area contributed by atoms with Crippen molar-refractivity contribution in [2.24, 2.45) is 0 Å². The highest BCUT2D eigenvalue weighted by atomic mass is 35.5. The van der Waals surface area contributed by atoms with Gasteiger partial charge in [0.05, 0.1) is 12.3 Å². The van der Waals surface area contributed by atoms with E-state index in [0.717, 1.165) is 30.0 Å². The predicted molar refractivity (Wildman–Crippen MR) is 81.7 cm³/mol. The van der Waals surface area contributed by atoms with Crippen LogP contribution in [0.25, 0.3) is 0 Å². The van der Waals surface area contributed by atoms with Crippen LogP contribution < -0.4 is 10.1 Å². The van der Waals surface area contributed by atoms with Gasteiger partial charge in [0.1, 0.15) is 5.75 Å². The van der Waals surface area contributed by atoms with Crippen molar-refractivity contribution in [1.29, 1.82) is 0 Å². The minimum atomic E-state index is 0.168. The van der Waals surface area contributed by atoms with E-state index in [1.54, 1.807) is 6.20 Å². The topological polar surface area (TPSA) is 34.2 Å². The molecule has 4 heteroatoms. The Labute approximate surface area is 123 Å². The molecule has 0 spiro atoms. The van der Waals surface area contributed by atoms with Crippen LogP contribution in [-0.4, -0.2) is 11.6 Å². The first kappa shape index (κ1) is 13.3. The van der Waals surface area contributed by atoms with Gasteiger partial charge in [0.15, 0.2) is 5.15 Å². The summed E-state index contributed by atoms with van der Waals surface area (Å²) in [5.41, 5.74) is 4.51. The summed E-state index contributed by atoms with van der Waals surface area (Å²) in [6.07, 6.45) is 2.71. The van der Waals surface area contributed by atoms with Crippen molar-refractivity contribution < 1.29 is 4.74 Å². The number of nitrogens with one attached hydrogen (secondary N) is 1. The third-order valence-electron chi connectivity index (χ3n) is 3.69. The first-order chi connectivity index (χ1) is 9.65. The molecule has 1 N–H and O–H groups in total. The van der Waals surface area contributed by atoms with E-state index >= 15 is 0 Å². The van der Waals surface area contributed by atoms with Crippen LogP contribution in [0.2, 0.25) is 5.15 Å². The zero-order valence-corrected chi connectivity index (χ0v) is 12.4. The zero-order chi connectivity index (χ0) is 14.1. The first-order valence-electron chi connectivity index (χ1n) is 6.78. The highest BCUT2D eigenvalue weighted by Crippen LogP contribution is 2.31.